The molecule has 8 heteroatoms. The maximum Gasteiger partial charge on any atom is 0.243 e. The highest BCUT2D eigenvalue weighted by Crippen LogP contribution is 2.37. The van der Waals surface area contributed by atoms with Gasteiger partial charge in [0.25, 0.3) is 0 Å². The monoisotopic (exact) mass is 305 g/mol. The van der Waals surface area contributed by atoms with Gasteiger partial charge in [0.1, 0.15) is 4.90 Å². The van der Waals surface area contributed by atoms with Crippen LogP contribution in [-0.4, -0.2) is 47.0 Å². The van der Waals surface area contributed by atoms with Crippen LogP contribution in [0.1, 0.15) is 19.8 Å². The van der Waals surface area contributed by atoms with Crippen LogP contribution in [0.5, 0.6) is 0 Å². The molecule has 19 heavy (non-hydrogen) atoms. The van der Waals surface area contributed by atoms with Crippen molar-refractivity contribution in [1.29, 1.82) is 0 Å². The smallest absolute Gasteiger partial charge is 0.243 e. The van der Waals surface area contributed by atoms with Crippen LogP contribution in [0.2, 0.25) is 0 Å². The molecular weight excluding hydrogens is 286 g/mol. The lowest BCUT2D eigenvalue weighted by Crippen LogP contribution is -2.36. The lowest BCUT2D eigenvalue weighted by molar-refractivity contribution is 0.269. The summed E-state index contributed by atoms with van der Waals surface area (Å²) >= 11 is 1.81. The van der Waals surface area contributed by atoms with Crippen LogP contribution in [0.15, 0.2) is 17.3 Å². The lowest BCUT2D eigenvalue weighted by Gasteiger charge is -2.22. The van der Waals surface area contributed by atoms with Gasteiger partial charge in [-0.2, -0.15) is 16.9 Å². The molecule has 2 rings (SSSR count). The Morgan fingerprint density at radius 3 is 3.05 bits per heavy atom. The van der Waals surface area contributed by atoms with Gasteiger partial charge in [-0.1, -0.05) is 0 Å². The van der Waals surface area contributed by atoms with Gasteiger partial charge in [0.15, 0.2) is 0 Å². The lowest BCUT2D eigenvalue weighted by atomic mass is 10.1. The summed E-state index contributed by atoms with van der Waals surface area (Å²) in [6, 6.07) is 0. The Morgan fingerprint density at radius 1 is 1.63 bits per heavy atom. The minimum Gasteiger partial charge on any atom is -0.394 e. The predicted molar refractivity (Wildman–Crippen MR) is 74.6 cm³/mol. The Morgan fingerprint density at radius 2 is 2.42 bits per heavy atom. The highest BCUT2D eigenvalue weighted by atomic mass is 32.2. The fourth-order valence-corrected chi connectivity index (χ4v) is 4.47. The number of nitrogens with zero attached hydrogens (tertiary/aromatic N) is 2. The van der Waals surface area contributed by atoms with Crippen molar-refractivity contribution < 1.29 is 13.5 Å². The Bertz CT molecular complexity index is 521. The van der Waals surface area contributed by atoms with Crippen molar-refractivity contribution in [2.75, 3.05) is 18.9 Å². The molecule has 0 bridgehead atoms. The quantitative estimate of drug-likeness (QED) is 0.797. The van der Waals surface area contributed by atoms with Crippen molar-refractivity contribution in [3.05, 3.63) is 12.4 Å². The van der Waals surface area contributed by atoms with E-state index >= 15 is 0 Å². The van der Waals surface area contributed by atoms with E-state index < -0.39 is 10.0 Å². The van der Waals surface area contributed by atoms with E-state index in [4.69, 9.17) is 5.11 Å². The van der Waals surface area contributed by atoms with E-state index in [9.17, 15) is 8.42 Å². The Kier molecular flexibility index (Phi) is 4.54. The van der Waals surface area contributed by atoms with Crippen LogP contribution in [0.25, 0.3) is 0 Å². The summed E-state index contributed by atoms with van der Waals surface area (Å²) in [7, 11) is -3.51. The molecule has 1 aliphatic heterocycles. The topological polar surface area (TPSA) is 84.2 Å². The molecule has 108 valence electrons. The number of aliphatic hydroxyl groups excluding tert-OH is 1. The maximum atomic E-state index is 12.1. The number of nitrogens with one attached hydrogen (secondary N) is 1. The molecule has 1 fully saturated rings. The number of thioether (sulfide) groups is 1. The third-order valence-electron chi connectivity index (χ3n) is 3.19. The summed E-state index contributed by atoms with van der Waals surface area (Å²) < 4.78 is 28.3. The molecule has 1 aromatic rings. The van der Waals surface area contributed by atoms with Crippen molar-refractivity contribution in [3.8, 4) is 0 Å². The molecule has 2 heterocycles. The number of aliphatic hydroxyl groups is 1. The minimum atomic E-state index is -3.51. The second-order valence-corrected chi connectivity index (χ2v) is 8.34. The zero-order valence-electron chi connectivity index (χ0n) is 10.9. The summed E-state index contributed by atoms with van der Waals surface area (Å²) in [5.41, 5.74) is 0. The number of aromatic nitrogens is 2. The van der Waals surface area contributed by atoms with E-state index in [1.807, 2.05) is 11.8 Å². The maximum absolute atomic E-state index is 12.1. The van der Waals surface area contributed by atoms with Gasteiger partial charge in [-0.15, -0.1) is 0 Å². The van der Waals surface area contributed by atoms with Crippen molar-refractivity contribution in [2.45, 2.75) is 36.0 Å². The van der Waals surface area contributed by atoms with Crippen molar-refractivity contribution in [3.63, 3.8) is 0 Å². The van der Waals surface area contributed by atoms with Gasteiger partial charge in [0.2, 0.25) is 10.0 Å². The van der Waals surface area contributed by atoms with Crippen molar-refractivity contribution >= 4 is 21.8 Å². The summed E-state index contributed by atoms with van der Waals surface area (Å²) in [6.07, 6.45) is 4.91. The highest BCUT2D eigenvalue weighted by Gasteiger charge is 2.31. The summed E-state index contributed by atoms with van der Waals surface area (Å²) in [5.74, 6) is 1.09. The zero-order valence-corrected chi connectivity index (χ0v) is 12.5. The molecule has 0 spiro atoms. The number of sulfonamides is 1. The summed E-state index contributed by atoms with van der Waals surface area (Å²) in [6.45, 7) is 2.75. The Labute approximate surface area is 117 Å². The van der Waals surface area contributed by atoms with Crippen molar-refractivity contribution in [1.82, 2.24) is 14.5 Å². The average molecular weight is 305 g/mol. The largest absolute Gasteiger partial charge is 0.394 e. The van der Waals surface area contributed by atoms with E-state index in [1.54, 1.807) is 0 Å². The molecule has 0 radical (unpaired) electrons. The van der Waals surface area contributed by atoms with Gasteiger partial charge in [-0.25, -0.2) is 13.1 Å². The Hall–Kier alpha value is -0.570. The summed E-state index contributed by atoms with van der Waals surface area (Å²) in [5, 5.41) is 12.7. The second kappa shape index (κ2) is 5.82. The fourth-order valence-electron chi connectivity index (χ4n) is 2.02. The minimum absolute atomic E-state index is 0.00579. The molecule has 1 unspecified atom stereocenters. The molecule has 0 aliphatic carbocycles. The second-order valence-electron chi connectivity index (χ2n) is 4.89. The third-order valence-corrected chi connectivity index (χ3v) is 6.08. The molecule has 1 aliphatic rings. The van der Waals surface area contributed by atoms with Gasteiger partial charge >= 0.3 is 0 Å². The van der Waals surface area contributed by atoms with E-state index in [2.05, 4.69) is 16.7 Å². The van der Waals surface area contributed by atoms with Gasteiger partial charge in [-0.05, 0) is 25.5 Å². The summed E-state index contributed by atoms with van der Waals surface area (Å²) in [4.78, 5) is 0.146. The molecule has 1 aromatic heterocycles. The average Bonchev–Trinajstić information content (AvgIpc) is 2.98. The van der Waals surface area contributed by atoms with E-state index in [-0.39, 0.29) is 16.2 Å². The zero-order chi connectivity index (χ0) is 13.9. The first-order valence-electron chi connectivity index (χ1n) is 6.22. The molecule has 1 saturated heterocycles. The van der Waals surface area contributed by atoms with Crippen LogP contribution in [-0.2, 0) is 16.6 Å². The van der Waals surface area contributed by atoms with E-state index in [0.717, 1.165) is 18.6 Å². The van der Waals surface area contributed by atoms with Gasteiger partial charge < -0.3 is 5.11 Å². The number of hydrogen-bond donors (Lipinski definition) is 2. The standard InChI is InChI=1S/C11H19N3O3S2/c1-11(3-2-6-18-11)9-13-19(16,17)10-7-12-14(8-10)4-5-15/h7-8,13,15H,2-6,9H2,1H3. The predicted octanol–water partition coefficient (Wildman–Crippen LogP) is 0.439. The first kappa shape index (κ1) is 14.8. The number of rotatable bonds is 6. The molecule has 2 N–H and O–H groups in total. The van der Waals surface area contributed by atoms with Gasteiger partial charge in [0.05, 0.1) is 19.3 Å². The van der Waals surface area contributed by atoms with Crippen LogP contribution < -0.4 is 4.72 Å². The molecule has 0 amide bonds. The highest BCUT2D eigenvalue weighted by molar-refractivity contribution is 8.01. The first-order chi connectivity index (χ1) is 8.95. The Balaban J connectivity index is 2.01. The van der Waals surface area contributed by atoms with Crippen LogP contribution >= 0.6 is 11.8 Å². The molecular formula is C11H19N3O3S2. The first-order valence-corrected chi connectivity index (χ1v) is 8.69. The third kappa shape index (κ3) is 3.71. The SMILES string of the molecule is CC1(CNS(=O)(=O)c2cnn(CCO)c2)CCCS1. The van der Waals surface area contributed by atoms with Gasteiger partial charge in [0, 0.05) is 17.5 Å². The van der Waals surface area contributed by atoms with Crippen molar-refractivity contribution in [2.24, 2.45) is 0 Å². The number of hydrogen-bond acceptors (Lipinski definition) is 5. The van der Waals surface area contributed by atoms with Crippen LogP contribution in [0.3, 0.4) is 0 Å². The van der Waals surface area contributed by atoms with Gasteiger partial charge in [-0.3, -0.25) is 4.68 Å². The molecule has 6 nitrogen and oxygen atoms in total. The van der Waals surface area contributed by atoms with E-state index in [1.165, 1.54) is 17.1 Å². The van der Waals surface area contributed by atoms with Crippen LogP contribution in [0, 0.1) is 0 Å². The normalized spacial score (nSPS) is 23.9. The van der Waals surface area contributed by atoms with E-state index in [0.29, 0.717) is 13.1 Å². The molecule has 0 aromatic carbocycles. The van der Waals surface area contributed by atoms with Crippen LogP contribution in [0.4, 0.5) is 0 Å². The molecule has 1 atom stereocenters. The molecule has 0 saturated carbocycles. The fraction of sp³-hybridized carbons (Fsp3) is 0.727.